The maximum Gasteiger partial charge on any atom is 0.106 e. The molecule has 4 aliphatic rings. The van der Waals surface area contributed by atoms with Crippen LogP contribution < -0.4 is 0 Å². The molecule has 0 amide bonds. The number of fused-ring (bicyclic) bond motifs is 5. The van der Waals surface area contributed by atoms with Gasteiger partial charge in [0.15, 0.2) is 0 Å². The highest BCUT2D eigenvalue weighted by Crippen LogP contribution is 2.68. The summed E-state index contributed by atoms with van der Waals surface area (Å²) in [5.41, 5.74) is -1.83. The fourth-order valence-corrected chi connectivity index (χ4v) is 8.10. The largest absolute Gasteiger partial charge is 0.394 e. The van der Waals surface area contributed by atoms with Crippen LogP contribution in [0.4, 0.5) is 0 Å². The van der Waals surface area contributed by atoms with Crippen LogP contribution in [-0.2, 0) is 0 Å². The van der Waals surface area contributed by atoms with Crippen molar-refractivity contribution in [3.05, 3.63) is 0 Å². The summed E-state index contributed by atoms with van der Waals surface area (Å²) in [5, 5.41) is 52.5. The third-order valence-electron chi connectivity index (χ3n) is 9.51. The molecule has 5 nitrogen and oxygen atoms in total. The van der Waals surface area contributed by atoms with Crippen LogP contribution in [0.15, 0.2) is 0 Å². The highest BCUT2D eigenvalue weighted by atomic mass is 16.4. The van der Waals surface area contributed by atoms with E-state index in [-0.39, 0.29) is 23.4 Å². The van der Waals surface area contributed by atoms with Crippen molar-refractivity contribution in [1.29, 1.82) is 0 Å². The van der Waals surface area contributed by atoms with Gasteiger partial charge >= 0.3 is 0 Å². The molecule has 4 rings (SSSR count). The molecule has 26 heavy (non-hydrogen) atoms. The second-order valence-corrected chi connectivity index (χ2v) is 10.4. The number of aliphatic hydroxyl groups is 5. The zero-order valence-corrected chi connectivity index (χ0v) is 16.1. The van der Waals surface area contributed by atoms with E-state index in [1.54, 1.807) is 0 Å². The second kappa shape index (κ2) is 6.15. The number of hydrogen-bond acceptors (Lipinski definition) is 5. The fourth-order valence-electron chi connectivity index (χ4n) is 8.10. The van der Waals surface area contributed by atoms with Crippen molar-refractivity contribution in [1.82, 2.24) is 0 Å². The Labute approximate surface area is 156 Å². The zero-order chi connectivity index (χ0) is 18.9. The lowest BCUT2D eigenvalue weighted by molar-refractivity contribution is -0.224. The van der Waals surface area contributed by atoms with Crippen molar-refractivity contribution in [2.24, 2.45) is 34.5 Å². The molecule has 150 valence electrons. The third kappa shape index (κ3) is 2.33. The van der Waals surface area contributed by atoms with Crippen LogP contribution in [0.2, 0.25) is 0 Å². The van der Waals surface area contributed by atoms with Crippen molar-refractivity contribution >= 4 is 0 Å². The molecule has 0 radical (unpaired) electrons. The van der Waals surface area contributed by atoms with Crippen LogP contribution in [0.1, 0.15) is 65.2 Å². The number of hydrogen-bond donors (Lipinski definition) is 5. The van der Waals surface area contributed by atoms with E-state index < -0.39 is 29.8 Å². The van der Waals surface area contributed by atoms with Gasteiger partial charge in [-0.25, -0.2) is 0 Å². The van der Waals surface area contributed by atoms with Crippen LogP contribution in [0, 0.1) is 34.5 Å². The molecular formula is C21H36O5. The van der Waals surface area contributed by atoms with Gasteiger partial charge in [0.1, 0.15) is 6.10 Å². The molecule has 4 fully saturated rings. The Bertz CT molecular complexity index is 555. The Balaban J connectivity index is 1.68. The van der Waals surface area contributed by atoms with Gasteiger partial charge in [-0.1, -0.05) is 13.8 Å². The van der Waals surface area contributed by atoms with Crippen LogP contribution in [0.3, 0.4) is 0 Å². The van der Waals surface area contributed by atoms with Gasteiger partial charge in [0.25, 0.3) is 0 Å². The van der Waals surface area contributed by atoms with Gasteiger partial charge in [0.2, 0.25) is 0 Å². The summed E-state index contributed by atoms with van der Waals surface area (Å²) in [6.07, 6.45) is 4.70. The molecule has 5 N–H and O–H groups in total. The standard InChI is InChI=1S/C21H36O5/c1-19-7-5-13(23)9-12(19)3-4-14-15-6-8-21(26,17(25)11-22)20(15,2)10-16(24)18(14)19/h12-18,22-26H,3-11H2,1-2H3/t12?,13?,14-,15-,16?,17?,18+,19-,20-,21?/m0/s1. The van der Waals surface area contributed by atoms with Crippen LogP contribution >= 0.6 is 0 Å². The van der Waals surface area contributed by atoms with E-state index >= 15 is 0 Å². The van der Waals surface area contributed by atoms with Crippen LogP contribution in [-0.4, -0.2) is 56.1 Å². The summed E-state index contributed by atoms with van der Waals surface area (Å²) < 4.78 is 0. The molecule has 0 bridgehead atoms. The van der Waals surface area contributed by atoms with E-state index in [4.69, 9.17) is 0 Å². The van der Waals surface area contributed by atoms with Crippen LogP contribution in [0.5, 0.6) is 0 Å². The predicted molar refractivity (Wildman–Crippen MR) is 97.2 cm³/mol. The summed E-state index contributed by atoms with van der Waals surface area (Å²) in [4.78, 5) is 0. The number of rotatable bonds is 2. The molecule has 0 aromatic carbocycles. The van der Waals surface area contributed by atoms with Crippen molar-refractivity contribution in [3.63, 3.8) is 0 Å². The minimum Gasteiger partial charge on any atom is -0.394 e. The molecule has 0 aromatic rings. The monoisotopic (exact) mass is 368 g/mol. The average Bonchev–Trinajstić information content (AvgIpc) is 2.86. The molecule has 0 spiro atoms. The van der Waals surface area contributed by atoms with Gasteiger partial charge in [0.05, 0.1) is 24.4 Å². The van der Waals surface area contributed by atoms with Crippen LogP contribution in [0.25, 0.3) is 0 Å². The van der Waals surface area contributed by atoms with Crippen molar-refractivity contribution in [2.75, 3.05) is 6.61 Å². The third-order valence-corrected chi connectivity index (χ3v) is 9.51. The maximum absolute atomic E-state index is 11.3. The molecule has 5 unspecified atom stereocenters. The molecule has 4 saturated carbocycles. The smallest absolute Gasteiger partial charge is 0.106 e. The minimum absolute atomic E-state index is 0.0548. The first-order chi connectivity index (χ1) is 12.2. The summed E-state index contributed by atoms with van der Waals surface area (Å²) in [7, 11) is 0. The van der Waals surface area contributed by atoms with Crippen molar-refractivity contribution < 1.29 is 25.5 Å². The first-order valence-corrected chi connectivity index (χ1v) is 10.5. The normalized spacial score (nSPS) is 57.8. The average molecular weight is 369 g/mol. The van der Waals surface area contributed by atoms with Gasteiger partial charge < -0.3 is 25.5 Å². The molecule has 0 aromatic heterocycles. The van der Waals surface area contributed by atoms with Gasteiger partial charge in [-0.15, -0.1) is 0 Å². The predicted octanol–water partition coefficient (Wildman–Crippen LogP) is 1.45. The van der Waals surface area contributed by atoms with E-state index in [1.807, 2.05) is 6.92 Å². The topological polar surface area (TPSA) is 101 Å². The Morgan fingerprint density at radius 3 is 2.46 bits per heavy atom. The molecule has 0 aliphatic heterocycles. The second-order valence-electron chi connectivity index (χ2n) is 10.4. The fraction of sp³-hybridized carbons (Fsp3) is 1.00. The lowest BCUT2D eigenvalue weighted by atomic mass is 9.43. The van der Waals surface area contributed by atoms with Gasteiger partial charge in [0, 0.05) is 5.41 Å². The van der Waals surface area contributed by atoms with E-state index in [0.717, 1.165) is 38.5 Å². The lowest BCUT2D eigenvalue weighted by Crippen LogP contribution is -2.64. The summed E-state index contributed by atoms with van der Waals surface area (Å²) in [6.45, 7) is 3.89. The zero-order valence-electron chi connectivity index (χ0n) is 16.1. The molecule has 4 aliphatic carbocycles. The Morgan fingerprint density at radius 2 is 1.77 bits per heavy atom. The molecule has 10 atom stereocenters. The lowest BCUT2D eigenvalue weighted by Gasteiger charge is -2.63. The Hall–Kier alpha value is -0.200. The summed E-state index contributed by atoms with van der Waals surface area (Å²) in [6, 6.07) is 0. The highest BCUT2D eigenvalue weighted by Gasteiger charge is 2.68. The van der Waals surface area contributed by atoms with Crippen molar-refractivity contribution in [3.8, 4) is 0 Å². The summed E-state index contributed by atoms with van der Waals surface area (Å²) in [5.74, 6) is 1.29. The first kappa shape index (κ1) is 19.1. The van der Waals surface area contributed by atoms with Gasteiger partial charge in [-0.05, 0) is 80.5 Å². The van der Waals surface area contributed by atoms with E-state index in [9.17, 15) is 25.5 Å². The SMILES string of the molecule is C[C@]12CCC(O)CC1CC[C@@H]1[C@@H]2C(O)C[C@@]2(C)[C@H]1CCC2(O)C(O)CO. The molecular weight excluding hydrogens is 332 g/mol. The van der Waals surface area contributed by atoms with Gasteiger partial charge in [-0.2, -0.15) is 0 Å². The molecule has 0 heterocycles. The summed E-state index contributed by atoms with van der Waals surface area (Å²) >= 11 is 0. The minimum atomic E-state index is -1.32. The van der Waals surface area contributed by atoms with E-state index in [0.29, 0.717) is 24.7 Å². The van der Waals surface area contributed by atoms with Crippen molar-refractivity contribution in [2.45, 2.75) is 89.1 Å². The Morgan fingerprint density at radius 1 is 1.04 bits per heavy atom. The highest BCUT2D eigenvalue weighted by molar-refractivity contribution is 5.17. The molecule has 0 saturated heterocycles. The molecule has 5 heteroatoms. The quantitative estimate of drug-likeness (QED) is 0.508. The number of aliphatic hydroxyl groups excluding tert-OH is 4. The Kier molecular flexibility index (Phi) is 4.52. The first-order valence-electron chi connectivity index (χ1n) is 10.5. The van der Waals surface area contributed by atoms with E-state index in [1.165, 1.54) is 0 Å². The van der Waals surface area contributed by atoms with Gasteiger partial charge in [-0.3, -0.25) is 0 Å². The van der Waals surface area contributed by atoms with E-state index in [2.05, 4.69) is 6.92 Å². The maximum atomic E-state index is 11.3.